The van der Waals surface area contributed by atoms with E-state index in [1.165, 1.54) is 13.0 Å². The van der Waals surface area contributed by atoms with E-state index < -0.39 is 0 Å². The van der Waals surface area contributed by atoms with Gasteiger partial charge in [0.25, 0.3) is 0 Å². The van der Waals surface area contributed by atoms with E-state index >= 15 is 0 Å². The van der Waals surface area contributed by atoms with Gasteiger partial charge in [0, 0.05) is 44.7 Å². The Morgan fingerprint density at radius 2 is 1.68 bits per heavy atom. The summed E-state index contributed by atoms with van der Waals surface area (Å²) in [4.78, 5) is 25.6. The van der Waals surface area contributed by atoms with Crippen LogP contribution in [0, 0.1) is 6.92 Å². The van der Waals surface area contributed by atoms with Crippen molar-refractivity contribution in [2.24, 2.45) is 0 Å². The zero-order valence-electron chi connectivity index (χ0n) is 15.5. The van der Waals surface area contributed by atoms with E-state index in [4.69, 9.17) is 11.6 Å². The molecule has 3 rings (SSSR count). The second-order valence-corrected chi connectivity index (χ2v) is 7.69. The van der Waals surface area contributed by atoms with Crippen LogP contribution in [-0.2, 0) is 9.59 Å². The molecule has 0 radical (unpaired) electrons. The summed E-state index contributed by atoms with van der Waals surface area (Å²) < 4.78 is 0. The van der Waals surface area contributed by atoms with Crippen molar-refractivity contribution in [3.05, 3.63) is 76.1 Å². The van der Waals surface area contributed by atoms with Gasteiger partial charge in [0.15, 0.2) is 0 Å². The molecule has 4 nitrogen and oxygen atoms in total. The van der Waals surface area contributed by atoms with Crippen LogP contribution in [0.15, 0.2) is 60.7 Å². The van der Waals surface area contributed by atoms with Crippen LogP contribution < -0.4 is 10.6 Å². The van der Waals surface area contributed by atoms with E-state index in [1.54, 1.807) is 35.6 Å². The lowest BCUT2D eigenvalue weighted by Gasteiger charge is -2.11. The predicted octanol–water partition coefficient (Wildman–Crippen LogP) is 5.99. The smallest absolute Gasteiger partial charge is 0.248 e. The monoisotopic (exact) mass is 410 g/mol. The largest absolute Gasteiger partial charge is 0.326 e. The number of carbonyl (C=O) groups is 2. The van der Waals surface area contributed by atoms with Crippen LogP contribution in [0.1, 0.15) is 17.4 Å². The number of nitrogens with one attached hydrogen (secondary N) is 2. The maximum atomic E-state index is 12.3. The van der Waals surface area contributed by atoms with Crippen molar-refractivity contribution in [1.29, 1.82) is 0 Å². The Morgan fingerprint density at radius 3 is 2.39 bits per heavy atom. The summed E-state index contributed by atoms with van der Waals surface area (Å²) in [6, 6.07) is 17.0. The van der Waals surface area contributed by atoms with E-state index in [-0.39, 0.29) is 11.8 Å². The lowest BCUT2D eigenvalue weighted by Crippen LogP contribution is -2.11. The molecule has 2 N–H and O–H groups in total. The fraction of sp³-hybridized carbons (Fsp3) is 0.0909. The fourth-order valence-corrected chi connectivity index (χ4v) is 3.92. The van der Waals surface area contributed by atoms with Gasteiger partial charge < -0.3 is 10.6 Å². The molecule has 0 unspecified atom stereocenters. The Labute approximate surface area is 172 Å². The molecule has 6 heteroatoms. The molecule has 0 atom stereocenters. The summed E-state index contributed by atoms with van der Waals surface area (Å²) in [7, 11) is 0. The number of halogens is 1. The van der Waals surface area contributed by atoms with Crippen LogP contribution in [0.5, 0.6) is 0 Å². The van der Waals surface area contributed by atoms with Crippen molar-refractivity contribution in [2.45, 2.75) is 13.8 Å². The summed E-state index contributed by atoms with van der Waals surface area (Å²) in [5, 5.41) is 6.30. The first kappa shape index (κ1) is 19.9. The molecule has 1 aromatic heterocycles. The van der Waals surface area contributed by atoms with Gasteiger partial charge in [0.1, 0.15) is 0 Å². The Kier molecular flexibility index (Phi) is 6.29. The summed E-state index contributed by atoms with van der Waals surface area (Å²) in [6.45, 7) is 3.30. The van der Waals surface area contributed by atoms with E-state index in [0.29, 0.717) is 16.4 Å². The molecule has 0 aliphatic heterocycles. The normalized spacial score (nSPS) is 10.8. The molecule has 0 spiro atoms. The minimum Gasteiger partial charge on any atom is -0.326 e. The number of thiophene rings is 1. The molecule has 3 aromatic rings. The molecular weight excluding hydrogens is 392 g/mol. The predicted molar refractivity (Wildman–Crippen MR) is 118 cm³/mol. The number of hydrogen-bond donors (Lipinski definition) is 2. The second kappa shape index (κ2) is 8.87. The molecule has 0 saturated heterocycles. The molecule has 0 saturated carbocycles. The topological polar surface area (TPSA) is 58.2 Å². The lowest BCUT2D eigenvalue weighted by atomic mass is 10.1. The second-order valence-electron chi connectivity index (χ2n) is 6.16. The van der Waals surface area contributed by atoms with Gasteiger partial charge in [0.05, 0.1) is 0 Å². The van der Waals surface area contributed by atoms with Gasteiger partial charge in [0.2, 0.25) is 11.8 Å². The fourth-order valence-electron chi connectivity index (χ4n) is 2.68. The van der Waals surface area contributed by atoms with Gasteiger partial charge in [-0.3, -0.25) is 9.59 Å². The number of hydrogen-bond acceptors (Lipinski definition) is 3. The number of benzene rings is 2. The number of rotatable bonds is 5. The van der Waals surface area contributed by atoms with Gasteiger partial charge in [-0.1, -0.05) is 35.9 Å². The quantitative estimate of drug-likeness (QED) is 0.508. The molecule has 0 fully saturated rings. The standard InChI is InChI=1S/C22H19ClN2O2S/c1-14-19(24-15(2)26)8-5-9-20(14)25-22(27)13-11-16-10-12-21(28-16)17-6-3-4-7-18(17)23/h3-13H,1-2H3,(H,24,26)(H,25,27). The van der Waals surface area contributed by atoms with Crippen LogP contribution in [0.2, 0.25) is 5.02 Å². The summed E-state index contributed by atoms with van der Waals surface area (Å²) in [5.74, 6) is -0.394. The van der Waals surface area contributed by atoms with Crippen LogP contribution in [0.4, 0.5) is 11.4 Å². The van der Waals surface area contributed by atoms with Crippen molar-refractivity contribution in [1.82, 2.24) is 0 Å². The van der Waals surface area contributed by atoms with Crippen molar-refractivity contribution in [2.75, 3.05) is 10.6 Å². The highest BCUT2D eigenvalue weighted by atomic mass is 35.5. The van der Waals surface area contributed by atoms with Crippen LogP contribution in [-0.4, -0.2) is 11.8 Å². The van der Waals surface area contributed by atoms with Crippen molar-refractivity contribution in [3.8, 4) is 10.4 Å². The highest BCUT2D eigenvalue weighted by molar-refractivity contribution is 7.16. The molecule has 2 aromatic carbocycles. The average molecular weight is 411 g/mol. The molecule has 2 amide bonds. The van der Waals surface area contributed by atoms with Gasteiger partial charge >= 0.3 is 0 Å². The summed E-state index contributed by atoms with van der Waals surface area (Å²) in [5.41, 5.74) is 3.11. The van der Waals surface area contributed by atoms with Crippen LogP contribution in [0.3, 0.4) is 0 Å². The molecule has 28 heavy (non-hydrogen) atoms. The Hall–Kier alpha value is -2.89. The van der Waals surface area contributed by atoms with Crippen molar-refractivity contribution < 1.29 is 9.59 Å². The van der Waals surface area contributed by atoms with Gasteiger partial charge in [-0.2, -0.15) is 0 Å². The lowest BCUT2D eigenvalue weighted by molar-refractivity contribution is -0.114. The van der Waals surface area contributed by atoms with Gasteiger partial charge in [-0.15, -0.1) is 11.3 Å². The van der Waals surface area contributed by atoms with E-state index in [0.717, 1.165) is 20.9 Å². The van der Waals surface area contributed by atoms with Crippen LogP contribution in [0.25, 0.3) is 16.5 Å². The Bertz CT molecular complexity index is 1060. The molecule has 1 heterocycles. The molecule has 0 aliphatic carbocycles. The van der Waals surface area contributed by atoms with E-state index in [9.17, 15) is 9.59 Å². The third kappa shape index (κ3) is 4.88. The zero-order valence-corrected chi connectivity index (χ0v) is 17.0. The molecule has 0 bridgehead atoms. The number of anilines is 2. The number of carbonyl (C=O) groups excluding carboxylic acids is 2. The van der Waals surface area contributed by atoms with Crippen molar-refractivity contribution in [3.63, 3.8) is 0 Å². The Morgan fingerprint density at radius 1 is 0.964 bits per heavy atom. The highest BCUT2D eigenvalue weighted by Crippen LogP contribution is 2.33. The maximum Gasteiger partial charge on any atom is 0.248 e. The van der Waals surface area contributed by atoms with Gasteiger partial charge in [-0.25, -0.2) is 0 Å². The first-order chi connectivity index (χ1) is 13.4. The third-order valence-electron chi connectivity index (χ3n) is 4.07. The average Bonchev–Trinajstić information content (AvgIpc) is 3.12. The maximum absolute atomic E-state index is 12.3. The van der Waals surface area contributed by atoms with E-state index in [2.05, 4.69) is 10.6 Å². The van der Waals surface area contributed by atoms with E-state index in [1.807, 2.05) is 43.3 Å². The van der Waals surface area contributed by atoms with Crippen molar-refractivity contribution >= 4 is 52.2 Å². The first-order valence-corrected chi connectivity index (χ1v) is 9.84. The van der Waals surface area contributed by atoms with Gasteiger partial charge in [-0.05, 0) is 48.9 Å². The minimum atomic E-state index is -0.240. The number of amides is 2. The Balaban J connectivity index is 1.70. The van der Waals surface area contributed by atoms with Crippen LogP contribution >= 0.6 is 22.9 Å². The molecule has 0 aliphatic rings. The minimum absolute atomic E-state index is 0.154. The zero-order chi connectivity index (χ0) is 20.1. The first-order valence-electron chi connectivity index (χ1n) is 8.65. The molecular formula is C22H19ClN2O2S. The summed E-state index contributed by atoms with van der Waals surface area (Å²) >= 11 is 7.81. The SMILES string of the molecule is CC(=O)Nc1cccc(NC(=O)C=Cc2ccc(-c3ccccc3Cl)s2)c1C. The summed E-state index contributed by atoms with van der Waals surface area (Å²) in [6.07, 6.45) is 3.26. The highest BCUT2D eigenvalue weighted by Gasteiger charge is 2.08. The molecule has 142 valence electrons. The third-order valence-corrected chi connectivity index (χ3v) is 5.48.